The van der Waals surface area contributed by atoms with Crippen LogP contribution in [0.25, 0.3) is 16.9 Å². The number of nitrogens with zero attached hydrogens (tertiary/aromatic N) is 2. The lowest BCUT2D eigenvalue weighted by Crippen LogP contribution is -2.20. The van der Waals surface area contributed by atoms with Gasteiger partial charge in [-0.3, -0.25) is 9.20 Å². The second-order valence-electron chi connectivity index (χ2n) is 8.04. The van der Waals surface area contributed by atoms with Crippen molar-refractivity contribution in [3.8, 4) is 22.8 Å². The third kappa shape index (κ3) is 4.39. The number of imidazole rings is 1. The molecule has 0 aliphatic carbocycles. The van der Waals surface area contributed by atoms with Gasteiger partial charge < -0.3 is 20.5 Å². The van der Waals surface area contributed by atoms with Gasteiger partial charge in [0.25, 0.3) is 5.91 Å². The van der Waals surface area contributed by atoms with Gasteiger partial charge in [0.15, 0.2) is 6.61 Å². The second-order valence-corrected chi connectivity index (χ2v) is 8.04. The maximum absolute atomic E-state index is 14.3. The van der Waals surface area contributed by atoms with Crippen molar-refractivity contribution >= 4 is 23.1 Å². The summed E-state index contributed by atoms with van der Waals surface area (Å²) in [6.07, 6.45) is 2.03. The Morgan fingerprint density at radius 1 is 1.18 bits per heavy atom. The number of hydrogen-bond donors (Lipinski definition) is 2. The molecule has 1 amide bonds. The third-order valence-corrected chi connectivity index (χ3v) is 5.69. The molecule has 3 N–H and O–H groups in total. The van der Waals surface area contributed by atoms with Gasteiger partial charge in [-0.1, -0.05) is 25.1 Å². The zero-order valence-corrected chi connectivity index (χ0v) is 19.6. The maximum atomic E-state index is 14.3. The first-order valence-electron chi connectivity index (χ1n) is 11.0. The number of rotatable bonds is 8. The van der Waals surface area contributed by atoms with Crippen molar-refractivity contribution in [2.24, 2.45) is 5.73 Å². The SMILES string of the molecule is CCc1cc(OC)cc(OCC(N)=O)c1-c1nc2ccc(F)cn2c1Nc1c(C)cccc1C. The molecule has 0 saturated carbocycles. The number of fused-ring (bicyclic) bond motifs is 1. The number of benzene rings is 2. The number of nitrogens with one attached hydrogen (secondary N) is 1. The highest BCUT2D eigenvalue weighted by atomic mass is 19.1. The van der Waals surface area contributed by atoms with E-state index in [9.17, 15) is 9.18 Å². The molecule has 0 saturated heterocycles. The van der Waals surface area contributed by atoms with Crippen LogP contribution in [0.2, 0.25) is 0 Å². The summed E-state index contributed by atoms with van der Waals surface area (Å²) in [7, 11) is 1.56. The lowest BCUT2D eigenvalue weighted by molar-refractivity contribution is -0.119. The number of carbonyl (C=O) groups excluding carboxylic acids is 1. The highest BCUT2D eigenvalue weighted by Gasteiger charge is 2.23. The van der Waals surface area contributed by atoms with Crippen LogP contribution in [-0.4, -0.2) is 29.0 Å². The Morgan fingerprint density at radius 2 is 1.91 bits per heavy atom. The van der Waals surface area contributed by atoms with Crippen molar-refractivity contribution < 1.29 is 18.7 Å². The fourth-order valence-electron chi connectivity index (χ4n) is 4.02. The molecule has 4 rings (SSSR count). The Balaban J connectivity index is 2.01. The zero-order valence-electron chi connectivity index (χ0n) is 19.6. The Bertz CT molecular complexity index is 1360. The van der Waals surface area contributed by atoms with Crippen molar-refractivity contribution in [1.29, 1.82) is 0 Å². The van der Waals surface area contributed by atoms with E-state index >= 15 is 0 Å². The number of hydrogen-bond acceptors (Lipinski definition) is 5. The zero-order chi connectivity index (χ0) is 24.4. The molecule has 8 heteroatoms. The lowest BCUT2D eigenvalue weighted by atomic mass is 10.00. The van der Waals surface area contributed by atoms with E-state index in [1.165, 1.54) is 12.3 Å². The molecule has 0 aliphatic rings. The molecule has 2 heterocycles. The Morgan fingerprint density at radius 3 is 2.56 bits per heavy atom. The summed E-state index contributed by atoms with van der Waals surface area (Å²) in [4.78, 5) is 16.3. The molecular formula is C26H27FN4O3. The van der Waals surface area contributed by atoms with Crippen LogP contribution in [-0.2, 0) is 11.2 Å². The summed E-state index contributed by atoms with van der Waals surface area (Å²) in [5.41, 5.74) is 11.0. The number of nitrogens with two attached hydrogens (primary N) is 1. The Hall–Kier alpha value is -4.07. The van der Waals surface area contributed by atoms with Crippen LogP contribution in [0.4, 0.5) is 15.9 Å². The van der Waals surface area contributed by atoms with Crippen LogP contribution in [0.1, 0.15) is 23.6 Å². The number of pyridine rings is 1. The number of methoxy groups -OCH3 is 1. The van der Waals surface area contributed by atoms with Gasteiger partial charge in [0.05, 0.1) is 7.11 Å². The minimum Gasteiger partial charge on any atom is -0.497 e. The van der Waals surface area contributed by atoms with E-state index in [1.807, 2.05) is 45.0 Å². The highest BCUT2D eigenvalue weighted by molar-refractivity contribution is 5.86. The normalized spacial score (nSPS) is 11.0. The van der Waals surface area contributed by atoms with E-state index in [-0.39, 0.29) is 6.61 Å². The smallest absolute Gasteiger partial charge is 0.255 e. The maximum Gasteiger partial charge on any atom is 0.255 e. The number of aryl methyl sites for hydroxylation is 3. The van der Waals surface area contributed by atoms with Crippen LogP contribution in [0, 0.1) is 19.7 Å². The largest absolute Gasteiger partial charge is 0.497 e. The predicted molar refractivity (Wildman–Crippen MR) is 130 cm³/mol. The van der Waals surface area contributed by atoms with Crippen LogP contribution < -0.4 is 20.5 Å². The predicted octanol–water partition coefficient (Wildman–Crippen LogP) is 4.94. The van der Waals surface area contributed by atoms with Gasteiger partial charge in [-0.05, 0) is 55.2 Å². The minimum atomic E-state index is -0.599. The molecule has 0 atom stereocenters. The Labute approximate surface area is 197 Å². The van der Waals surface area contributed by atoms with Crippen molar-refractivity contribution in [1.82, 2.24) is 9.38 Å². The number of para-hydroxylation sites is 1. The molecule has 0 unspecified atom stereocenters. The molecule has 0 spiro atoms. The minimum absolute atomic E-state index is 0.301. The molecule has 7 nitrogen and oxygen atoms in total. The Kier molecular flexibility index (Phi) is 6.40. The first-order chi connectivity index (χ1) is 16.3. The molecule has 0 bridgehead atoms. The van der Waals surface area contributed by atoms with Gasteiger partial charge in [-0.15, -0.1) is 0 Å². The second kappa shape index (κ2) is 9.43. The number of primary amides is 1. The molecule has 176 valence electrons. The molecule has 34 heavy (non-hydrogen) atoms. The third-order valence-electron chi connectivity index (χ3n) is 5.69. The van der Waals surface area contributed by atoms with Crippen LogP contribution >= 0.6 is 0 Å². The number of carbonyl (C=O) groups is 1. The standard InChI is InChI=1S/C26H27FN4O3/c1-5-17-11-19(33-4)12-20(34-14-21(28)32)23(17)25-26(30-24-15(2)7-6-8-16(24)3)31-13-18(27)9-10-22(31)29-25/h6-13,30H,5,14H2,1-4H3,(H2,28,32). The number of aromatic nitrogens is 2. The number of amides is 1. The van der Waals surface area contributed by atoms with Gasteiger partial charge in [-0.2, -0.15) is 0 Å². The topological polar surface area (TPSA) is 90.9 Å². The van der Waals surface area contributed by atoms with Crippen molar-refractivity contribution in [3.05, 3.63) is 71.2 Å². The van der Waals surface area contributed by atoms with Gasteiger partial charge in [0, 0.05) is 23.5 Å². The van der Waals surface area contributed by atoms with Gasteiger partial charge in [-0.25, -0.2) is 9.37 Å². The average molecular weight is 463 g/mol. The van der Waals surface area contributed by atoms with Crippen LogP contribution in [0.15, 0.2) is 48.7 Å². The van der Waals surface area contributed by atoms with E-state index in [0.29, 0.717) is 40.6 Å². The van der Waals surface area contributed by atoms with E-state index in [4.69, 9.17) is 20.2 Å². The van der Waals surface area contributed by atoms with E-state index in [0.717, 1.165) is 22.4 Å². The molecule has 0 aliphatic heterocycles. The quantitative estimate of drug-likeness (QED) is 0.387. The first-order valence-corrected chi connectivity index (χ1v) is 11.0. The summed E-state index contributed by atoms with van der Waals surface area (Å²) in [5, 5.41) is 3.49. The summed E-state index contributed by atoms with van der Waals surface area (Å²) in [5.74, 6) is 0.577. The summed E-state index contributed by atoms with van der Waals surface area (Å²) in [6, 6.07) is 12.6. The van der Waals surface area contributed by atoms with E-state index in [2.05, 4.69) is 5.32 Å². The van der Waals surface area contributed by atoms with Crippen LogP contribution in [0.3, 0.4) is 0 Å². The molecule has 4 aromatic rings. The van der Waals surface area contributed by atoms with Gasteiger partial charge in [0.1, 0.15) is 34.5 Å². The number of anilines is 2. The number of ether oxygens (including phenoxy) is 2. The molecule has 2 aromatic carbocycles. The van der Waals surface area contributed by atoms with Crippen molar-refractivity contribution in [3.63, 3.8) is 0 Å². The summed E-state index contributed by atoms with van der Waals surface area (Å²) >= 11 is 0. The number of halogens is 1. The molecule has 0 fully saturated rings. The molecular weight excluding hydrogens is 435 g/mol. The fraction of sp³-hybridized carbons (Fsp3) is 0.231. The fourth-order valence-corrected chi connectivity index (χ4v) is 4.02. The summed E-state index contributed by atoms with van der Waals surface area (Å²) < 4.78 is 27.2. The first kappa shape index (κ1) is 23.1. The van der Waals surface area contributed by atoms with Crippen molar-refractivity contribution in [2.75, 3.05) is 19.0 Å². The van der Waals surface area contributed by atoms with Crippen molar-refractivity contribution in [2.45, 2.75) is 27.2 Å². The lowest BCUT2D eigenvalue weighted by Gasteiger charge is -2.18. The van der Waals surface area contributed by atoms with Gasteiger partial charge in [0.2, 0.25) is 0 Å². The summed E-state index contributed by atoms with van der Waals surface area (Å²) in [6.45, 7) is 5.71. The molecule has 2 aromatic heterocycles. The highest BCUT2D eigenvalue weighted by Crippen LogP contribution is 2.42. The van der Waals surface area contributed by atoms with Gasteiger partial charge >= 0.3 is 0 Å². The van der Waals surface area contributed by atoms with E-state index in [1.54, 1.807) is 23.6 Å². The molecule has 0 radical (unpaired) electrons. The van der Waals surface area contributed by atoms with E-state index < -0.39 is 11.7 Å². The van der Waals surface area contributed by atoms with Crippen LogP contribution in [0.5, 0.6) is 11.5 Å². The average Bonchev–Trinajstić information content (AvgIpc) is 3.16. The monoisotopic (exact) mass is 462 g/mol.